The van der Waals surface area contributed by atoms with Gasteiger partial charge in [-0.05, 0) is 74.5 Å². The minimum atomic E-state index is -0.640. The average molecular weight is 503 g/mol. The van der Waals surface area contributed by atoms with Gasteiger partial charge in [0.25, 0.3) is 5.91 Å². The third kappa shape index (κ3) is 4.55. The highest BCUT2D eigenvalue weighted by atomic mass is 16.2. The number of fused-ring (bicyclic) bond motifs is 3. The molecule has 2 aromatic rings. The van der Waals surface area contributed by atoms with Crippen molar-refractivity contribution >= 4 is 35.2 Å². The first-order valence-electron chi connectivity index (χ1n) is 13.4. The molecule has 6 rings (SSSR count). The lowest BCUT2D eigenvalue weighted by molar-refractivity contribution is -0.136. The molecule has 37 heavy (non-hydrogen) atoms. The highest BCUT2D eigenvalue weighted by Crippen LogP contribution is 2.48. The first-order valence-corrected chi connectivity index (χ1v) is 13.4. The summed E-state index contributed by atoms with van der Waals surface area (Å²) in [6, 6.07) is 6.72. The Hall–Kier alpha value is -3.49. The molecule has 2 aliphatic carbocycles. The molecule has 2 aliphatic heterocycles. The highest BCUT2D eigenvalue weighted by molar-refractivity contribution is 6.06. The van der Waals surface area contributed by atoms with Crippen molar-refractivity contribution in [1.82, 2.24) is 20.2 Å². The minimum absolute atomic E-state index is 0.0431. The number of rotatable bonds is 5. The monoisotopic (exact) mass is 502 g/mol. The van der Waals surface area contributed by atoms with Crippen LogP contribution >= 0.6 is 0 Å². The Bertz CT molecular complexity index is 1240. The normalized spacial score (nSPS) is 31.1. The van der Waals surface area contributed by atoms with Crippen molar-refractivity contribution < 1.29 is 14.4 Å². The molecule has 9 nitrogen and oxygen atoms in total. The van der Waals surface area contributed by atoms with Crippen LogP contribution in [0.4, 0.5) is 17.5 Å². The van der Waals surface area contributed by atoms with Crippen molar-refractivity contribution in [3.05, 3.63) is 41.6 Å². The molecular formula is C28H34N6O3. The third-order valence-corrected chi connectivity index (χ3v) is 8.51. The zero-order valence-corrected chi connectivity index (χ0v) is 21.4. The van der Waals surface area contributed by atoms with Crippen molar-refractivity contribution in [2.75, 3.05) is 10.6 Å². The summed E-state index contributed by atoms with van der Waals surface area (Å²) in [5.74, 6) is 2.53. The Morgan fingerprint density at radius 3 is 2.59 bits per heavy atom. The van der Waals surface area contributed by atoms with E-state index in [1.807, 2.05) is 18.2 Å². The fourth-order valence-electron chi connectivity index (χ4n) is 7.42. The van der Waals surface area contributed by atoms with Crippen LogP contribution in [-0.4, -0.2) is 44.2 Å². The second kappa shape index (κ2) is 9.11. The maximum atomic E-state index is 13.2. The van der Waals surface area contributed by atoms with Crippen molar-refractivity contribution in [2.24, 2.45) is 17.8 Å². The molecule has 0 radical (unpaired) electrons. The molecule has 194 valence electrons. The lowest BCUT2D eigenvalue weighted by atomic mass is 9.61. The van der Waals surface area contributed by atoms with Gasteiger partial charge in [0.15, 0.2) is 0 Å². The molecule has 2 saturated carbocycles. The smallest absolute Gasteiger partial charge is 0.255 e. The largest absolute Gasteiger partial charge is 0.349 e. The molecule has 3 atom stereocenters. The van der Waals surface area contributed by atoms with E-state index in [2.05, 4.69) is 34.8 Å². The van der Waals surface area contributed by atoms with Gasteiger partial charge in [-0.1, -0.05) is 19.9 Å². The predicted octanol–water partition coefficient (Wildman–Crippen LogP) is 4.00. The minimum Gasteiger partial charge on any atom is -0.349 e. The number of benzene rings is 1. The summed E-state index contributed by atoms with van der Waals surface area (Å²) in [7, 11) is 0. The number of nitrogens with zero attached hydrogens (tertiary/aromatic N) is 3. The average Bonchev–Trinajstić information content (AvgIpc) is 3.15. The van der Waals surface area contributed by atoms with Gasteiger partial charge in [0.2, 0.25) is 17.8 Å². The molecule has 3 unspecified atom stereocenters. The summed E-state index contributed by atoms with van der Waals surface area (Å²) in [5, 5.41) is 9.48. The van der Waals surface area contributed by atoms with Crippen LogP contribution in [0.1, 0.15) is 74.7 Å². The number of hydrogen-bond acceptors (Lipinski definition) is 7. The number of nitrogens with one attached hydrogen (secondary N) is 3. The predicted molar refractivity (Wildman–Crippen MR) is 139 cm³/mol. The number of carbonyl (C=O) groups excluding carboxylic acids is 3. The summed E-state index contributed by atoms with van der Waals surface area (Å²) in [4.78, 5) is 48.0. The van der Waals surface area contributed by atoms with E-state index < -0.39 is 11.9 Å². The number of piperidine rings is 1. The summed E-state index contributed by atoms with van der Waals surface area (Å²) in [6.07, 6.45) is 8.40. The number of amides is 3. The molecular weight excluding hydrogens is 468 g/mol. The van der Waals surface area contributed by atoms with E-state index in [0.29, 0.717) is 42.1 Å². The van der Waals surface area contributed by atoms with Crippen LogP contribution in [0.15, 0.2) is 30.5 Å². The van der Waals surface area contributed by atoms with E-state index in [9.17, 15) is 14.4 Å². The Balaban J connectivity index is 1.21. The van der Waals surface area contributed by atoms with Crippen molar-refractivity contribution in [3.63, 3.8) is 0 Å². The van der Waals surface area contributed by atoms with Crippen LogP contribution in [0.2, 0.25) is 0 Å². The lowest BCUT2D eigenvalue weighted by Crippen LogP contribution is -2.52. The second-order valence-electron chi connectivity index (χ2n) is 11.7. The molecule has 3 fully saturated rings. The van der Waals surface area contributed by atoms with Gasteiger partial charge in [-0.25, -0.2) is 4.98 Å². The van der Waals surface area contributed by atoms with E-state index in [-0.39, 0.29) is 23.8 Å². The molecule has 2 bridgehead atoms. The van der Waals surface area contributed by atoms with Crippen LogP contribution in [0.5, 0.6) is 0 Å². The number of aromatic nitrogens is 2. The summed E-state index contributed by atoms with van der Waals surface area (Å²) in [5.41, 5.74) is 2.22. The first-order chi connectivity index (χ1) is 17.8. The number of hydrogen-bond donors (Lipinski definition) is 3. The standard InChI is InChI=1S/C28H34N6O3/c1-16-10-18-11-17(2)13-28(12-16,14-18)33-27-29-9-8-23(31-27)30-21-5-3-4-19-20(21)15-34(26(19)37)22-6-7-24(35)32-25(22)36/h3-5,8-9,16-18,22H,6-7,10-15H2,1-2H3,(H,32,35,36)(H2,29,30,31,33). The SMILES string of the molecule is CC1CC2CC(C)CC(Nc3nccc(Nc4cccc5c4CN(C4CCC(=O)NC4=O)C5=O)n3)(C1)C2. The van der Waals surface area contributed by atoms with Gasteiger partial charge < -0.3 is 15.5 Å². The zero-order valence-electron chi connectivity index (χ0n) is 21.4. The van der Waals surface area contributed by atoms with Gasteiger partial charge in [0.1, 0.15) is 11.9 Å². The summed E-state index contributed by atoms with van der Waals surface area (Å²) in [6.45, 7) is 5.01. The maximum Gasteiger partial charge on any atom is 0.255 e. The van der Waals surface area contributed by atoms with Crippen LogP contribution in [-0.2, 0) is 16.1 Å². The van der Waals surface area contributed by atoms with Crippen LogP contribution in [0.3, 0.4) is 0 Å². The Morgan fingerprint density at radius 1 is 1.05 bits per heavy atom. The lowest BCUT2D eigenvalue weighted by Gasteiger charge is -2.50. The molecule has 1 aromatic heterocycles. The molecule has 3 N–H and O–H groups in total. The molecule has 1 aromatic carbocycles. The van der Waals surface area contributed by atoms with E-state index in [1.165, 1.54) is 19.3 Å². The summed E-state index contributed by atoms with van der Waals surface area (Å²) >= 11 is 0. The van der Waals surface area contributed by atoms with Crippen LogP contribution in [0, 0.1) is 17.8 Å². The quantitative estimate of drug-likeness (QED) is 0.529. The van der Waals surface area contributed by atoms with E-state index in [1.54, 1.807) is 17.2 Å². The number of carbonyl (C=O) groups is 3. The maximum absolute atomic E-state index is 13.2. The van der Waals surface area contributed by atoms with Crippen molar-refractivity contribution in [3.8, 4) is 0 Å². The topological polar surface area (TPSA) is 116 Å². The van der Waals surface area contributed by atoms with Gasteiger partial charge in [-0.3, -0.25) is 19.7 Å². The van der Waals surface area contributed by atoms with Gasteiger partial charge in [-0.2, -0.15) is 4.98 Å². The molecule has 4 aliphatic rings. The number of anilines is 3. The fraction of sp³-hybridized carbons (Fsp3) is 0.536. The molecule has 1 saturated heterocycles. The van der Waals surface area contributed by atoms with Gasteiger partial charge in [-0.15, -0.1) is 0 Å². The van der Waals surface area contributed by atoms with E-state index in [4.69, 9.17) is 4.98 Å². The number of imide groups is 1. The Morgan fingerprint density at radius 2 is 1.84 bits per heavy atom. The zero-order chi connectivity index (χ0) is 25.7. The molecule has 0 spiro atoms. The van der Waals surface area contributed by atoms with Crippen molar-refractivity contribution in [1.29, 1.82) is 0 Å². The van der Waals surface area contributed by atoms with E-state index >= 15 is 0 Å². The Labute approximate surface area is 216 Å². The molecule has 3 heterocycles. The molecule has 9 heteroatoms. The van der Waals surface area contributed by atoms with Gasteiger partial charge >= 0.3 is 0 Å². The van der Waals surface area contributed by atoms with Crippen LogP contribution < -0.4 is 16.0 Å². The van der Waals surface area contributed by atoms with Crippen molar-refractivity contribution in [2.45, 2.75) is 76.9 Å². The highest BCUT2D eigenvalue weighted by Gasteiger charge is 2.45. The fourth-order valence-corrected chi connectivity index (χ4v) is 7.42. The van der Waals surface area contributed by atoms with E-state index in [0.717, 1.165) is 30.0 Å². The third-order valence-electron chi connectivity index (χ3n) is 8.51. The molecule has 3 amide bonds. The Kier molecular flexibility index (Phi) is 5.88. The second-order valence-corrected chi connectivity index (χ2v) is 11.7. The van der Waals surface area contributed by atoms with Crippen LogP contribution in [0.25, 0.3) is 0 Å². The van der Waals surface area contributed by atoms with Gasteiger partial charge in [0, 0.05) is 41.5 Å². The van der Waals surface area contributed by atoms with Gasteiger partial charge in [0.05, 0.1) is 0 Å². The first kappa shape index (κ1) is 23.9. The summed E-state index contributed by atoms with van der Waals surface area (Å²) < 4.78 is 0.